The first kappa shape index (κ1) is 17.9. The van der Waals surface area contributed by atoms with Gasteiger partial charge < -0.3 is 14.8 Å². The topological polar surface area (TPSA) is 30.5 Å². The molecule has 0 unspecified atom stereocenters. The second-order valence-electron chi connectivity index (χ2n) is 5.74. The van der Waals surface area contributed by atoms with Crippen molar-refractivity contribution in [2.24, 2.45) is 11.8 Å². The second-order valence-corrected chi connectivity index (χ2v) is 5.74. The minimum Gasteiger partial charge on any atom is -0.379 e. The smallest absolute Gasteiger partial charge is 0.0700 e. The van der Waals surface area contributed by atoms with E-state index in [-0.39, 0.29) is 0 Å². The molecule has 0 fully saturated rings. The molecule has 0 spiro atoms. The Balaban J connectivity index is 2.95. The second kappa shape index (κ2) is 13.3. The Morgan fingerprint density at radius 3 is 2.17 bits per heavy atom. The average molecular weight is 259 g/mol. The van der Waals surface area contributed by atoms with E-state index in [1.165, 1.54) is 12.8 Å². The largest absolute Gasteiger partial charge is 0.379 e. The van der Waals surface area contributed by atoms with Crippen LogP contribution in [0.4, 0.5) is 0 Å². The van der Waals surface area contributed by atoms with Gasteiger partial charge in [0.15, 0.2) is 0 Å². The van der Waals surface area contributed by atoms with Crippen molar-refractivity contribution >= 4 is 0 Å². The lowest BCUT2D eigenvalue weighted by atomic mass is 10.2. The first-order chi connectivity index (χ1) is 8.63. The summed E-state index contributed by atoms with van der Waals surface area (Å²) in [6.07, 6.45) is 3.66. The van der Waals surface area contributed by atoms with Gasteiger partial charge in [0.2, 0.25) is 0 Å². The minimum atomic E-state index is 0.614. The molecule has 0 amide bonds. The van der Waals surface area contributed by atoms with Gasteiger partial charge in [-0.05, 0) is 44.2 Å². The van der Waals surface area contributed by atoms with Crippen LogP contribution >= 0.6 is 0 Å². The Bertz CT molecular complexity index is 143. The van der Waals surface area contributed by atoms with Gasteiger partial charge in [0, 0.05) is 13.2 Å². The van der Waals surface area contributed by atoms with Crippen LogP contribution in [0.3, 0.4) is 0 Å². The van der Waals surface area contributed by atoms with Crippen molar-refractivity contribution in [2.45, 2.75) is 47.0 Å². The molecular formula is C15H33NO2. The van der Waals surface area contributed by atoms with E-state index in [1.54, 1.807) is 0 Å². The van der Waals surface area contributed by atoms with Gasteiger partial charge in [-0.25, -0.2) is 0 Å². The molecule has 0 aliphatic carbocycles. The highest BCUT2D eigenvalue weighted by Crippen LogP contribution is 1.96. The van der Waals surface area contributed by atoms with Crippen LogP contribution in [0.15, 0.2) is 0 Å². The normalized spacial score (nSPS) is 11.7. The van der Waals surface area contributed by atoms with Gasteiger partial charge in [-0.1, -0.05) is 27.7 Å². The zero-order chi connectivity index (χ0) is 13.6. The fourth-order valence-corrected chi connectivity index (χ4v) is 1.56. The van der Waals surface area contributed by atoms with Crippen molar-refractivity contribution in [3.8, 4) is 0 Å². The summed E-state index contributed by atoms with van der Waals surface area (Å²) in [6, 6.07) is 0. The highest BCUT2D eigenvalue weighted by molar-refractivity contribution is 4.51. The maximum Gasteiger partial charge on any atom is 0.0700 e. The molecule has 1 N–H and O–H groups in total. The summed E-state index contributed by atoms with van der Waals surface area (Å²) in [5.74, 6) is 1.36. The predicted octanol–water partition coefficient (Wildman–Crippen LogP) is 3.09. The molecule has 0 bridgehead atoms. The quantitative estimate of drug-likeness (QED) is 0.516. The Morgan fingerprint density at radius 2 is 1.50 bits per heavy atom. The zero-order valence-electron chi connectivity index (χ0n) is 12.8. The number of unbranched alkanes of at least 4 members (excludes halogenated alkanes) is 2. The molecule has 0 aliphatic heterocycles. The van der Waals surface area contributed by atoms with Crippen molar-refractivity contribution in [1.82, 2.24) is 5.32 Å². The SMILES string of the molecule is CC(C)CNCCCCCOCCOCC(C)C. The van der Waals surface area contributed by atoms with Crippen LogP contribution in [-0.2, 0) is 9.47 Å². The number of hydrogen-bond acceptors (Lipinski definition) is 3. The van der Waals surface area contributed by atoms with E-state index in [2.05, 4.69) is 33.0 Å². The molecule has 0 aromatic heterocycles. The van der Waals surface area contributed by atoms with E-state index in [0.717, 1.165) is 51.9 Å². The Kier molecular flexibility index (Phi) is 13.2. The monoisotopic (exact) mass is 259 g/mol. The van der Waals surface area contributed by atoms with Crippen LogP contribution in [-0.4, -0.2) is 39.5 Å². The van der Waals surface area contributed by atoms with Crippen molar-refractivity contribution in [1.29, 1.82) is 0 Å². The predicted molar refractivity (Wildman–Crippen MR) is 78.0 cm³/mol. The van der Waals surface area contributed by atoms with Crippen LogP contribution in [0.1, 0.15) is 47.0 Å². The van der Waals surface area contributed by atoms with E-state index >= 15 is 0 Å². The fraction of sp³-hybridized carbons (Fsp3) is 1.00. The standard InChI is InChI=1S/C15H33NO2/c1-14(2)12-16-8-6-5-7-9-17-10-11-18-13-15(3)4/h14-16H,5-13H2,1-4H3. The fourth-order valence-electron chi connectivity index (χ4n) is 1.56. The summed E-state index contributed by atoms with van der Waals surface area (Å²) >= 11 is 0. The summed E-state index contributed by atoms with van der Waals surface area (Å²) in [5.41, 5.74) is 0. The molecule has 3 nitrogen and oxygen atoms in total. The van der Waals surface area contributed by atoms with Crippen molar-refractivity contribution < 1.29 is 9.47 Å². The van der Waals surface area contributed by atoms with E-state index in [9.17, 15) is 0 Å². The molecule has 0 aromatic carbocycles. The molecule has 0 saturated heterocycles. The van der Waals surface area contributed by atoms with E-state index in [4.69, 9.17) is 9.47 Å². The van der Waals surface area contributed by atoms with Gasteiger partial charge in [-0.15, -0.1) is 0 Å². The number of hydrogen-bond donors (Lipinski definition) is 1. The molecule has 0 heterocycles. The number of rotatable bonds is 13. The first-order valence-corrected chi connectivity index (χ1v) is 7.49. The summed E-state index contributed by atoms with van der Waals surface area (Å²) in [6.45, 7) is 14.2. The molecule has 0 atom stereocenters. The van der Waals surface area contributed by atoms with Gasteiger partial charge in [-0.3, -0.25) is 0 Å². The molecule has 0 rings (SSSR count). The third-order valence-electron chi connectivity index (χ3n) is 2.52. The first-order valence-electron chi connectivity index (χ1n) is 7.49. The Hall–Kier alpha value is -0.120. The van der Waals surface area contributed by atoms with Crippen LogP contribution in [0.25, 0.3) is 0 Å². The van der Waals surface area contributed by atoms with E-state index in [0.29, 0.717) is 5.92 Å². The van der Waals surface area contributed by atoms with Crippen molar-refractivity contribution in [3.05, 3.63) is 0 Å². The van der Waals surface area contributed by atoms with Crippen LogP contribution in [0.2, 0.25) is 0 Å². The lowest BCUT2D eigenvalue weighted by molar-refractivity contribution is 0.0366. The zero-order valence-corrected chi connectivity index (χ0v) is 12.8. The summed E-state index contributed by atoms with van der Waals surface area (Å²) in [7, 11) is 0. The molecule has 18 heavy (non-hydrogen) atoms. The van der Waals surface area contributed by atoms with E-state index < -0.39 is 0 Å². The highest BCUT2D eigenvalue weighted by atomic mass is 16.5. The molecular weight excluding hydrogens is 226 g/mol. The maximum absolute atomic E-state index is 5.51. The van der Waals surface area contributed by atoms with Crippen LogP contribution < -0.4 is 5.32 Å². The van der Waals surface area contributed by atoms with Gasteiger partial charge in [0.25, 0.3) is 0 Å². The minimum absolute atomic E-state index is 0.614. The van der Waals surface area contributed by atoms with Gasteiger partial charge in [0.1, 0.15) is 0 Å². The highest BCUT2D eigenvalue weighted by Gasteiger charge is 1.95. The molecule has 110 valence electrons. The van der Waals surface area contributed by atoms with Crippen molar-refractivity contribution in [2.75, 3.05) is 39.5 Å². The molecule has 0 radical (unpaired) electrons. The maximum atomic E-state index is 5.51. The summed E-state index contributed by atoms with van der Waals surface area (Å²) in [5, 5.41) is 3.45. The lowest BCUT2D eigenvalue weighted by Gasteiger charge is -2.08. The lowest BCUT2D eigenvalue weighted by Crippen LogP contribution is -2.20. The third kappa shape index (κ3) is 15.9. The van der Waals surface area contributed by atoms with Gasteiger partial charge >= 0.3 is 0 Å². The number of ether oxygens (including phenoxy) is 2. The number of nitrogens with one attached hydrogen (secondary N) is 1. The van der Waals surface area contributed by atoms with Crippen LogP contribution in [0.5, 0.6) is 0 Å². The summed E-state index contributed by atoms with van der Waals surface area (Å²) < 4.78 is 11.0. The Labute approximate surface area is 114 Å². The van der Waals surface area contributed by atoms with Gasteiger partial charge in [-0.2, -0.15) is 0 Å². The average Bonchev–Trinajstić information content (AvgIpc) is 2.29. The van der Waals surface area contributed by atoms with Gasteiger partial charge in [0.05, 0.1) is 13.2 Å². The third-order valence-corrected chi connectivity index (χ3v) is 2.52. The molecule has 0 saturated carbocycles. The van der Waals surface area contributed by atoms with Crippen LogP contribution in [0, 0.1) is 11.8 Å². The molecule has 3 heteroatoms. The summed E-state index contributed by atoms with van der Waals surface area (Å²) in [4.78, 5) is 0. The van der Waals surface area contributed by atoms with E-state index in [1.807, 2.05) is 0 Å². The molecule has 0 aliphatic rings. The van der Waals surface area contributed by atoms with Crippen molar-refractivity contribution in [3.63, 3.8) is 0 Å². The molecule has 0 aromatic rings. The Morgan fingerprint density at radius 1 is 0.778 bits per heavy atom.